The van der Waals surface area contributed by atoms with Crippen LogP contribution in [0.2, 0.25) is 0 Å². The molecule has 0 aliphatic heterocycles. The van der Waals surface area contributed by atoms with E-state index in [4.69, 9.17) is 4.74 Å². The molecule has 1 amide bonds. The van der Waals surface area contributed by atoms with Crippen molar-refractivity contribution in [2.75, 3.05) is 0 Å². The summed E-state index contributed by atoms with van der Waals surface area (Å²) in [6.07, 6.45) is 2.06. The first kappa shape index (κ1) is 14.6. The van der Waals surface area contributed by atoms with E-state index in [9.17, 15) is 9.59 Å². The Labute approximate surface area is 119 Å². The third-order valence-corrected chi connectivity index (χ3v) is 3.54. The van der Waals surface area contributed by atoms with Crippen LogP contribution in [0.1, 0.15) is 39.2 Å². The van der Waals surface area contributed by atoms with Gasteiger partial charge in [0.1, 0.15) is 11.9 Å². The van der Waals surface area contributed by atoms with Gasteiger partial charge in [0, 0.05) is 5.41 Å². The summed E-state index contributed by atoms with van der Waals surface area (Å²) in [6.45, 7) is 5.39. The summed E-state index contributed by atoms with van der Waals surface area (Å²) in [6, 6.07) is 9.30. The van der Waals surface area contributed by atoms with Gasteiger partial charge in [-0.25, -0.2) is 4.79 Å². The third kappa shape index (κ3) is 3.18. The summed E-state index contributed by atoms with van der Waals surface area (Å²) >= 11 is 0. The predicted molar refractivity (Wildman–Crippen MR) is 76.6 cm³/mol. The Morgan fingerprint density at radius 2 is 1.90 bits per heavy atom. The molecule has 4 nitrogen and oxygen atoms in total. The molecular weight excluding hydrogens is 254 g/mol. The van der Waals surface area contributed by atoms with Crippen LogP contribution in [0.5, 0.6) is 0 Å². The number of nitrogens with one attached hydrogen (secondary N) is 1. The Morgan fingerprint density at radius 3 is 2.35 bits per heavy atom. The minimum atomic E-state index is -0.568. The molecule has 2 rings (SSSR count). The number of hydrogen-bond donors (Lipinski definition) is 1. The predicted octanol–water partition coefficient (Wildman–Crippen LogP) is 2.81. The smallest absolute Gasteiger partial charge is 0.408 e. The lowest BCUT2D eigenvalue weighted by Crippen LogP contribution is -2.46. The number of hydrogen-bond acceptors (Lipinski definition) is 3. The van der Waals surface area contributed by atoms with Crippen LogP contribution < -0.4 is 5.32 Å². The van der Waals surface area contributed by atoms with E-state index in [1.165, 1.54) is 0 Å². The van der Waals surface area contributed by atoms with Crippen LogP contribution in [-0.4, -0.2) is 24.0 Å². The van der Waals surface area contributed by atoms with Crippen LogP contribution in [0, 0.1) is 0 Å². The fourth-order valence-corrected chi connectivity index (χ4v) is 2.42. The van der Waals surface area contributed by atoms with Gasteiger partial charge < -0.3 is 14.8 Å². The molecule has 1 aliphatic carbocycles. The molecule has 1 N–H and O–H groups in total. The largest absolute Gasteiger partial charge is 0.444 e. The van der Waals surface area contributed by atoms with E-state index >= 15 is 0 Å². The molecule has 0 aromatic heterocycles. The summed E-state index contributed by atoms with van der Waals surface area (Å²) in [5.74, 6) is 0. The number of rotatable bonds is 4. The number of carbonyl (C=O) groups excluding carboxylic acids is 2. The van der Waals surface area contributed by atoms with Crippen LogP contribution in [0.4, 0.5) is 4.79 Å². The number of carbonyl (C=O) groups is 2. The molecule has 4 heteroatoms. The Morgan fingerprint density at radius 1 is 1.30 bits per heavy atom. The molecule has 1 aromatic carbocycles. The maximum absolute atomic E-state index is 11.8. The van der Waals surface area contributed by atoms with E-state index in [1.54, 1.807) is 20.8 Å². The molecule has 0 spiro atoms. The normalized spacial score (nSPS) is 17.9. The van der Waals surface area contributed by atoms with Crippen LogP contribution >= 0.6 is 0 Å². The number of aldehydes is 1. The fraction of sp³-hybridized carbons (Fsp3) is 0.500. The molecule has 1 unspecified atom stereocenters. The van der Waals surface area contributed by atoms with Crippen LogP contribution in [0.15, 0.2) is 30.3 Å². The van der Waals surface area contributed by atoms with Gasteiger partial charge in [0.25, 0.3) is 0 Å². The monoisotopic (exact) mass is 275 g/mol. The molecule has 0 heterocycles. The van der Waals surface area contributed by atoms with E-state index in [-0.39, 0.29) is 5.41 Å². The van der Waals surface area contributed by atoms with Crippen molar-refractivity contribution in [3.63, 3.8) is 0 Å². The molecule has 108 valence electrons. The van der Waals surface area contributed by atoms with Crippen LogP contribution in [0.3, 0.4) is 0 Å². The number of benzene rings is 1. The first-order valence-corrected chi connectivity index (χ1v) is 6.88. The molecule has 1 atom stereocenters. The molecule has 1 aromatic rings. The first-order chi connectivity index (χ1) is 9.37. The minimum Gasteiger partial charge on any atom is -0.444 e. The maximum Gasteiger partial charge on any atom is 0.408 e. The van der Waals surface area contributed by atoms with Crippen molar-refractivity contribution in [1.82, 2.24) is 5.32 Å². The highest BCUT2D eigenvalue weighted by Gasteiger charge is 2.51. The summed E-state index contributed by atoms with van der Waals surface area (Å²) in [7, 11) is 0. The lowest BCUT2D eigenvalue weighted by Gasteiger charge is -2.26. The molecule has 20 heavy (non-hydrogen) atoms. The van der Waals surface area contributed by atoms with Gasteiger partial charge in [0.05, 0.1) is 6.04 Å². The highest BCUT2D eigenvalue weighted by atomic mass is 16.6. The standard InChI is InChI=1S/C16H21NO3/c1-15(2,3)20-14(19)17-13(11-18)16(9-10-16)12-7-5-4-6-8-12/h4-8,11,13H,9-10H2,1-3H3,(H,17,19). The Balaban J connectivity index is 2.10. The van der Waals surface area contributed by atoms with Crippen molar-refractivity contribution < 1.29 is 14.3 Å². The van der Waals surface area contributed by atoms with Gasteiger partial charge >= 0.3 is 6.09 Å². The maximum atomic E-state index is 11.8. The molecule has 1 fully saturated rings. The average Bonchev–Trinajstić information content (AvgIpc) is 3.16. The lowest BCUT2D eigenvalue weighted by molar-refractivity contribution is -0.110. The Bertz CT molecular complexity index is 486. The average molecular weight is 275 g/mol. The third-order valence-electron chi connectivity index (χ3n) is 3.54. The van der Waals surface area contributed by atoms with Crippen molar-refractivity contribution in [3.05, 3.63) is 35.9 Å². The van der Waals surface area contributed by atoms with Gasteiger partial charge in [-0.05, 0) is 39.2 Å². The van der Waals surface area contributed by atoms with Gasteiger partial charge in [0.2, 0.25) is 0 Å². The van der Waals surface area contributed by atoms with Crippen LogP contribution in [-0.2, 0) is 14.9 Å². The van der Waals surface area contributed by atoms with Gasteiger partial charge in [-0.3, -0.25) is 0 Å². The summed E-state index contributed by atoms with van der Waals surface area (Å²) in [4.78, 5) is 23.2. The SMILES string of the molecule is CC(C)(C)OC(=O)NC(C=O)C1(c2ccccc2)CC1. The quantitative estimate of drug-likeness (QED) is 0.860. The van der Waals surface area contributed by atoms with Crippen molar-refractivity contribution >= 4 is 12.4 Å². The highest BCUT2D eigenvalue weighted by molar-refractivity contribution is 5.75. The second-order valence-electron chi connectivity index (χ2n) is 6.28. The second-order valence-corrected chi connectivity index (χ2v) is 6.28. The van der Waals surface area contributed by atoms with Crippen molar-refractivity contribution in [2.24, 2.45) is 0 Å². The molecule has 1 aliphatic rings. The molecule has 0 radical (unpaired) electrons. The lowest BCUT2D eigenvalue weighted by atomic mass is 9.89. The highest BCUT2D eigenvalue weighted by Crippen LogP contribution is 2.50. The van der Waals surface area contributed by atoms with E-state index in [0.29, 0.717) is 0 Å². The van der Waals surface area contributed by atoms with Gasteiger partial charge in [-0.2, -0.15) is 0 Å². The zero-order valence-corrected chi connectivity index (χ0v) is 12.2. The first-order valence-electron chi connectivity index (χ1n) is 6.88. The van der Waals surface area contributed by atoms with Crippen molar-refractivity contribution in [3.8, 4) is 0 Å². The molecular formula is C16H21NO3. The van der Waals surface area contributed by atoms with E-state index < -0.39 is 17.7 Å². The number of ether oxygens (including phenoxy) is 1. The van der Waals surface area contributed by atoms with Crippen molar-refractivity contribution in [2.45, 2.75) is 50.7 Å². The zero-order valence-electron chi connectivity index (χ0n) is 12.2. The van der Waals surface area contributed by atoms with Crippen molar-refractivity contribution in [1.29, 1.82) is 0 Å². The molecule has 0 bridgehead atoms. The second kappa shape index (κ2) is 5.27. The zero-order chi connectivity index (χ0) is 14.8. The summed E-state index contributed by atoms with van der Waals surface area (Å²) in [5, 5.41) is 2.70. The van der Waals surface area contributed by atoms with Gasteiger partial charge in [0.15, 0.2) is 0 Å². The Hall–Kier alpha value is -1.84. The fourth-order valence-electron chi connectivity index (χ4n) is 2.42. The van der Waals surface area contributed by atoms with E-state index in [1.807, 2.05) is 30.3 Å². The van der Waals surface area contributed by atoms with E-state index in [0.717, 1.165) is 24.7 Å². The topological polar surface area (TPSA) is 55.4 Å². The van der Waals surface area contributed by atoms with Gasteiger partial charge in [-0.1, -0.05) is 30.3 Å². The number of alkyl carbamates (subject to hydrolysis) is 1. The van der Waals surface area contributed by atoms with Crippen LogP contribution in [0.25, 0.3) is 0 Å². The molecule has 0 saturated heterocycles. The van der Waals surface area contributed by atoms with Gasteiger partial charge in [-0.15, -0.1) is 0 Å². The number of amides is 1. The summed E-state index contributed by atoms with van der Waals surface area (Å²) in [5.41, 5.74) is 0.258. The molecule has 1 saturated carbocycles. The van der Waals surface area contributed by atoms with E-state index in [2.05, 4.69) is 5.32 Å². The minimum absolute atomic E-state index is 0.264. The summed E-state index contributed by atoms with van der Waals surface area (Å²) < 4.78 is 5.22. The Kier molecular flexibility index (Phi) is 3.84.